The molecule has 0 saturated carbocycles. The molecule has 0 saturated heterocycles. The normalized spacial score (nSPS) is 10.7. The summed E-state index contributed by atoms with van der Waals surface area (Å²) >= 11 is 1.45. The van der Waals surface area contributed by atoms with E-state index in [0.29, 0.717) is 10.7 Å². The van der Waals surface area contributed by atoms with Crippen LogP contribution in [-0.4, -0.2) is 16.5 Å². The van der Waals surface area contributed by atoms with Gasteiger partial charge in [0.1, 0.15) is 5.75 Å². The second-order valence-electron chi connectivity index (χ2n) is 3.76. The van der Waals surface area contributed by atoms with Gasteiger partial charge in [0.25, 0.3) is 5.56 Å². The third kappa shape index (κ3) is 1.78. The Morgan fingerprint density at radius 2 is 2.06 bits per heavy atom. The zero-order valence-electron chi connectivity index (χ0n) is 9.66. The fourth-order valence-electron chi connectivity index (χ4n) is 1.75. The number of nitrogens with zero attached hydrogens (tertiary/aromatic N) is 2. The molecule has 5 heteroatoms. The molecule has 4 nitrogen and oxygen atoms in total. The van der Waals surface area contributed by atoms with Crippen molar-refractivity contribution in [3.8, 4) is 17.0 Å². The van der Waals surface area contributed by atoms with Gasteiger partial charge in [0.15, 0.2) is 4.96 Å². The second-order valence-corrected chi connectivity index (χ2v) is 4.64. The molecule has 0 fully saturated rings. The zero-order valence-corrected chi connectivity index (χ0v) is 10.5. The number of rotatable bonds is 2. The van der Waals surface area contributed by atoms with E-state index < -0.39 is 0 Å². The predicted octanol–water partition coefficient (Wildman–Crippen LogP) is 2.43. The summed E-state index contributed by atoms with van der Waals surface area (Å²) < 4.78 is 6.64. The summed E-state index contributed by atoms with van der Waals surface area (Å²) in [6.07, 6.45) is 1.73. The lowest BCUT2D eigenvalue weighted by molar-refractivity contribution is 0.415. The number of thiazole rings is 1. The largest absolute Gasteiger partial charge is 0.497 e. The van der Waals surface area contributed by atoms with Crippen molar-refractivity contribution in [2.24, 2.45) is 0 Å². The van der Waals surface area contributed by atoms with Crippen molar-refractivity contribution in [1.29, 1.82) is 0 Å². The van der Waals surface area contributed by atoms with Gasteiger partial charge >= 0.3 is 0 Å². The van der Waals surface area contributed by atoms with Gasteiger partial charge in [0.05, 0.1) is 12.8 Å². The molecule has 3 aromatic rings. The van der Waals surface area contributed by atoms with Crippen LogP contribution >= 0.6 is 11.3 Å². The summed E-state index contributed by atoms with van der Waals surface area (Å²) in [6, 6.07) is 9.04. The Kier molecular flexibility index (Phi) is 2.60. The summed E-state index contributed by atoms with van der Waals surface area (Å²) in [4.78, 5) is 17.0. The van der Waals surface area contributed by atoms with E-state index in [2.05, 4.69) is 4.98 Å². The second kappa shape index (κ2) is 4.27. The molecule has 0 atom stereocenters. The molecule has 0 amide bonds. The number of hydrogen-bond donors (Lipinski definition) is 0. The highest BCUT2D eigenvalue weighted by atomic mass is 32.1. The monoisotopic (exact) mass is 258 g/mol. The zero-order chi connectivity index (χ0) is 12.5. The van der Waals surface area contributed by atoms with Crippen LogP contribution in [0.4, 0.5) is 0 Å². The van der Waals surface area contributed by atoms with E-state index in [1.165, 1.54) is 15.7 Å². The van der Waals surface area contributed by atoms with Gasteiger partial charge in [0.2, 0.25) is 0 Å². The predicted molar refractivity (Wildman–Crippen MR) is 71.3 cm³/mol. The Morgan fingerprint density at radius 1 is 1.28 bits per heavy atom. The number of fused-ring (bicyclic) bond motifs is 1. The number of aromatic nitrogens is 2. The fourth-order valence-corrected chi connectivity index (χ4v) is 2.47. The summed E-state index contributed by atoms with van der Waals surface area (Å²) in [6.45, 7) is 0. The highest BCUT2D eigenvalue weighted by Crippen LogP contribution is 2.20. The molecule has 1 aromatic carbocycles. The van der Waals surface area contributed by atoms with Crippen LogP contribution in [0.2, 0.25) is 0 Å². The smallest absolute Gasteiger partial charge is 0.259 e. The summed E-state index contributed by atoms with van der Waals surface area (Å²) in [5.74, 6) is 0.785. The number of methoxy groups -OCH3 is 1. The van der Waals surface area contributed by atoms with Gasteiger partial charge in [-0.15, -0.1) is 11.3 Å². The molecule has 2 aromatic heterocycles. The molecule has 0 aliphatic heterocycles. The SMILES string of the molecule is COc1ccc(-c2cc(=O)n3ccsc3n2)cc1. The third-order valence-electron chi connectivity index (χ3n) is 2.69. The Labute approximate surface area is 107 Å². The summed E-state index contributed by atoms with van der Waals surface area (Å²) in [5, 5.41) is 1.85. The van der Waals surface area contributed by atoms with Crippen molar-refractivity contribution in [1.82, 2.24) is 9.38 Å². The summed E-state index contributed by atoms with van der Waals surface area (Å²) in [7, 11) is 1.62. The standard InChI is InChI=1S/C13H10N2O2S/c1-17-10-4-2-9(3-5-10)11-8-12(16)15-6-7-18-13(15)14-11/h2-8H,1H3. The molecular formula is C13H10N2O2S. The van der Waals surface area contributed by atoms with Crippen LogP contribution in [0.5, 0.6) is 5.75 Å². The van der Waals surface area contributed by atoms with Crippen LogP contribution in [0.1, 0.15) is 0 Å². The number of ether oxygens (including phenoxy) is 1. The van der Waals surface area contributed by atoms with E-state index >= 15 is 0 Å². The molecule has 2 heterocycles. The van der Waals surface area contributed by atoms with Crippen molar-refractivity contribution in [2.45, 2.75) is 0 Å². The van der Waals surface area contributed by atoms with E-state index in [1.807, 2.05) is 29.6 Å². The van der Waals surface area contributed by atoms with E-state index in [1.54, 1.807) is 19.4 Å². The molecule has 0 bridgehead atoms. The first kappa shape index (κ1) is 11.0. The first-order valence-electron chi connectivity index (χ1n) is 5.39. The van der Waals surface area contributed by atoms with Crippen LogP contribution in [0.3, 0.4) is 0 Å². The van der Waals surface area contributed by atoms with Gasteiger partial charge in [-0.1, -0.05) is 0 Å². The first-order chi connectivity index (χ1) is 8.78. The van der Waals surface area contributed by atoms with Crippen molar-refractivity contribution < 1.29 is 4.74 Å². The van der Waals surface area contributed by atoms with Crippen molar-refractivity contribution in [3.05, 3.63) is 52.3 Å². The van der Waals surface area contributed by atoms with Crippen LogP contribution in [0.15, 0.2) is 46.7 Å². The maximum Gasteiger partial charge on any atom is 0.259 e. The number of benzene rings is 1. The van der Waals surface area contributed by atoms with Gasteiger partial charge in [-0.3, -0.25) is 9.20 Å². The van der Waals surface area contributed by atoms with Crippen LogP contribution in [-0.2, 0) is 0 Å². The Bertz CT molecular complexity index is 744. The fraction of sp³-hybridized carbons (Fsp3) is 0.0769. The average molecular weight is 258 g/mol. The lowest BCUT2D eigenvalue weighted by Gasteiger charge is -2.03. The molecule has 3 rings (SSSR count). The van der Waals surface area contributed by atoms with Crippen LogP contribution in [0.25, 0.3) is 16.2 Å². The first-order valence-corrected chi connectivity index (χ1v) is 6.27. The highest BCUT2D eigenvalue weighted by Gasteiger charge is 2.05. The molecule has 90 valence electrons. The van der Waals surface area contributed by atoms with Gasteiger partial charge in [-0.05, 0) is 24.3 Å². The van der Waals surface area contributed by atoms with E-state index in [0.717, 1.165) is 11.3 Å². The molecule has 0 N–H and O–H groups in total. The van der Waals surface area contributed by atoms with Crippen molar-refractivity contribution in [2.75, 3.05) is 7.11 Å². The van der Waals surface area contributed by atoms with Gasteiger partial charge in [0, 0.05) is 23.2 Å². The molecular weight excluding hydrogens is 248 g/mol. The van der Waals surface area contributed by atoms with Crippen molar-refractivity contribution in [3.63, 3.8) is 0 Å². The minimum atomic E-state index is -0.0629. The molecule has 0 unspecified atom stereocenters. The topological polar surface area (TPSA) is 43.6 Å². The lowest BCUT2D eigenvalue weighted by atomic mass is 10.1. The van der Waals surface area contributed by atoms with Crippen LogP contribution in [0, 0.1) is 0 Å². The number of hydrogen-bond acceptors (Lipinski definition) is 4. The Hall–Kier alpha value is -2.14. The molecule has 18 heavy (non-hydrogen) atoms. The maximum absolute atomic E-state index is 11.9. The van der Waals surface area contributed by atoms with E-state index in [-0.39, 0.29) is 5.56 Å². The molecule has 0 radical (unpaired) electrons. The minimum absolute atomic E-state index is 0.0629. The molecule has 0 spiro atoms. The quantitative estimate of drug-likeness (QED) is 0.709. The lowest BCUT2D eigenvalue weighted by Crippen LogP contribution is -2.11. The summed E-state index contributed by atoms with van der Waals surface area (Å²) in [5.41, 5.74) is 1.53. The van der Waals surface area contributed by atoms with E-state index in [4.69, 9.17) is 4.74 Å². The van der Waals surface area contributed by atoms with Gasteiger partial charge in [-0.25, -0.2) is 4.98 Å². The average Bonchev–Trinajstić information content (AvgIpc) is 2.88. The molecule has 0 aliphatic rings. The third-order valence-corrected chi connectivity index (χ3v) is 3.45. The minimum Gasteiger partial charge on any atom is -0.497 e. The van der Waals surface area contributed by atoms with Gasteiger partial charge < -0.3 is 4.74 Å². The van der Waals surface area contributed by atoms with Gasteiger partial charge in [-0.2, -0.15) is 0 Å². The van der Waals surface area contributed by atoms with E-state index in [9.17, 15) is 4.79 Å². The van der Waals surface area contributed by atoms with Crippen molar-refractivity contribution >= 4 is 16.3 Å². The maximum atomic E-state index is 11.9. The Balaban J connectivity index is 2.15. The molecule has 0 aliphatic carbocycles. The van der Waals surface area contributed by atoms with Crippen LogP contribution < -0.4 is 10.3 Å². The Morgan fingerprint density at radius 3 is 2.78 bits per heavy atom. The highest BCUT2D eigenvalue weighted by molar-refractivity contribution is 7.15.